The van der Waals surface area contributed by atoms with Gasteiger partial charge in [-0.05, 0) is 37.5 Å². The number of quaternary nitrogens is 1. The zero-order valence-electron chi connectivity index (χ0n) is 13.1. The Labute approximate surface area is 146 Å². The topological polar surface area (TPSA) is 76.6 Å². The summed E-state index contributed by atoms with van der Waals surface area (Å²) in [5, 5.41) is 4.00. The first-order valence-electron chi connectivity index (χ1n) is 7.76. The number of rotatable bonds is 5. The molecule has 4 N–H and O–H groups in total. The van der Waals surface area contributed by atoms with Crippen molar-refractivity contribution in [1.82, 2.24) is 5.32 Å². The molecule has 1 aromatic rings. The van der Waals surface area contributed by atoms with Gasteiger partial charge in [-0.3, -0.25) is 9.59 Å². The van der Waals surface area contributed by atoms with Gasteiger partial charge in [-0.2, -0.15) is 0 Å². The summed E-state index contributed by atoms with van der Waals surface area (Å²) in [6.07, 6.45) is 2.73. The second-order valence-corrected chi connectivity index (χ2v) is 6.83. The highest BCUT2D eigenvalue weighted by Gasteiger charge is 2.32. The van der Waals surface area contributed by atoms with E-state index in [2.05, 4.69) is 5.32 Å². The lowest BCUT2D eigenvalue weighted by atomic mass is 10.0. The second-order valence-electron chi connectivity index (χ2n) is 5.99. The molecule has 0 bridgehead atoms. The second kappa shape index (κ2) is 7.99. The summed E-state index contributed by atoms with van der Waals surface area (Å²) in [5.41, 5.74) is 6.25. The SMILES string of the molecule is C[C@@H](NC(=O)C[NH+]1CCCC[C@@H]1C(N)=O)c1ccc(Cl)cc1Cl. The summed E-state index contributed by atoms with van der Waals surface area (Å²) in [5.74, 6) is -0.451. The van der Waals surface area contributed by atoms with Crippen molar-refractivity contribution in [2.75, 3.05) is 13.1 Å². The number of nitrogens with one attached hydrogen (secondary N) is 2. The van der Waals surface area contributed by atoms with Gasteiger partial charge in [-0.25, -0.2) is 0 Å². The zero-order valence-corrected chi connectivity index (χ0v) is 14.6. The number of nitrogens with two attached hydrogens (primary N) is 1. The van der Waals surface area contributed by atoms with Crippen molar-refractivity contribution in [3.05, 3.63) is 33.8 Å². The quantitative estimate of drug-likeness (QED) is 0.736. The standard InChI is InChI=1S/C16H21Cl2N3O2/c1-10(12-6-5-11(17)8-13(12)18)20-15(22)9-21-7-3-2-4-14(21)16(19)23/h5-6,8,10,14H,2-4,7,9H2,1H3,(H2,19,23)(H,20,22)/p+1/t10-,14-/m1/s1. The third-order valence-corrected chi connectivity index (χ3v) is 4.83. The number of piperidine rings is 1. The Kier molecular flexibility index (Phi) is 6.27. The largest absolute Gasteiger partial charge is 0.365 e. The smallest absolute Gasteiger partial charge is 0.275 e. The van der Waals surface area contributed by atoms with Gasteiger partial charge in [-0.1, -0.05) is 29.3 Å². The number of carbonyl (C=O) groups excluding carboxylic acids is 2. The van der Waals surface area contributed by atoms with Gasteiger partial charge in [-0.15, -0.1) is 0 Å². The average molecular weight is 359 g/mol. The van der Waals surface area contributed by atoms with Crippen LogP contribution in [0.3, 0.4) is 0 Å². The van der Waals surface area contributed by atoms with E-state index in [0.29, 0.717) is 10.0 Å². The monoisotopic (exact) mass is 358 g/mol. The molecular formula is C16H22Cl2N3O2+. The average Bonchev–Trinajstić information content (AvgIpc) is 2.47. The van der Waals surface area contributed by atoms with E-state index in [4.69, 9.17) is 28.9 Å². The predicted molar refractivity (Wildman–Crippen MR) is 90.5 cm³/mol. The van der Waals surface area contributed by atoms with Crippen molar-refractivity contribution in [1.29, 1.82) is 0 Å². The summed E-state index contributed by atoms with van der Waals surface area (Å²) in [4.78, 5) is 24.7. The Morgan fingerprint density at radius 1 is 1.39 bits per heavy atom. The molecule has 1 unspecified atom stereocenters. The van der Waals surface area contributed by atoms with Crippen LogP contribution in [0.25, 0.3) is 0 Å². The predicted octanol–water partition coefficient (Wildman–Crippen LogP) is 1.09. The maximum atomic E-state index is 12.3. The summed E-state index contributed by atoms with van der Waals surface area (Å²) in [6, 6.07) is 4.69. The van der Waals surface area contributed by atoms with E-state index in [1.165, 1.54) is 0 Å². The molecule has 1 aliphatic heterocycles. The summed E-state index contributed by atoms with van der Waals surface area (Å²) < 4.78 is 0. The molecule has 7 heteroatoms. The number of hydrogen-bond donors (Lipinski definition) is 3. The van der Waals surface area contributed by atoms with E-state index in [1.54, 1.807) is 18.2 Å². The first-order valence-corrected chi connectivity index (χ1v) is 8.52. The van der Waals surface area contributed by atoms with Crippen molar-refractivity contribution in [3.63, 3.8) is 0 Å². The Bertz CT molecular complexity index is 595. The molecule has 0 aromatic heterocycles. The number of benzene rings is 1. The van der Waals surface area contributed by atoms with Gasteiger partial charge in [0.15, 0.2) is 12.6 Å². The van der Waals surface area contributed by atoms with E-state index >= 15 is 0 Å². The van der Waals surface area contributed by atoms with Gasteiger partial charge < -0.3 is 16.0 Å². The van der Waals surface area contributed by atoms with Crippen molar-refractivity contribution < 1.29 is 14.5 Å². The molecule has 1 aliphatic rings. The highest BCUT2D eigenvalue weighted by atomic mass is 35.5. The van der Waals surface area contributed by atoms with Crippen molar-refractivity contribution in [2.24, 2.45) is 5.73 Å². The molecule has 1 fully saturated rings. The van der Waals surface area contributed by atoms with Crippen LogP contribution in [-0.4, -0.2) is 30.9 Å². The van der Waals surface area contributed by atoms with E-state index in [1.807, 2.05) is 6.92 Å². The van der Waals surface area contributed by atoms with Crippen LogP contribution >= 0.6 is 23.2 Å². The van der Waals surface area contributed by atoms with Crippen LogP contribution < -0.4 is 16.0 Å². The van der Waals surface area contributed by atoms with Crippen LogP contribution in [0.2, 0.25) is 10.0 Å². The Morgan fingerprint density at radius 2 is 2.13 bits per heavy atom. The first kappa shape index (κ1) is 18.0. The molecule has 1 saturated heterocycles. The molecule has 23 heavy (non-hydrogen) atoms. The molecule has 2 rings (SSSR count). The minimum Gasteiger partial charge on any atom is -0.365 e. The lowest BCUT2D eigenvalue weighted by molar-refractivity contribution is -0.913. The fourth-order valence-electron chi connectivity index (χ4n) is 3.06. The van der Waals surface area contributed by atoms with Gasteiger partial charge in [0.1, 0.15) is 0 Å². The molecule has 1 heterocycles. The zero-order chi connectivity index (χ0) is 17.0. The van der Waals surface area contributed by atoms with Crippen LogP contribution in [0, 0.1) is 0 Å². The molecule has 0 radical (unpaired) electrons. The first-order chi connectivity index (χ1) is 10.9. The lowest BCUT2D eigenvalue weighted by Gasteiger charge is -2.30. The fourth-order valence-corrected chi connectivity index (χ4v) is 3.64. The molecule has 0 saturated carbocycles. The number of hydrogen-bond acceptors (Lipinski definition) is 2. The minimum atomic E-state index is -0.332. The molecule has 1 aromatic carbocycles. The number of carbonyl (C=O) groups is 2. The van der Waals surface area contributed by atoms with E-state index < -0.39 is 0 Å². The van der Waals surface area contributed by atoms with Gasteiger partial charge >= 0.3 is 0 Å². The maximum Gasteiger partial charge on any atom is 0.275 e. The molecule has 126 valence electrons. The van der Waals surface area contributed by atoms with E-state index in [9.17, 15) is 9.59 Å². The summed E-state index contributed by atoms with van der Waals surface area (Å²) in [7, 11) is 0. The van der Waals surface area contributed by atoms with Gasteiger partial charge in [0.05, 0.1) is 12.6 Å². The molecular weight excluding hydrogens is 337 g/mol. The Hall–Kier alpha value is -1.30. The minimum absolute atomic E-state index is 0.119. The number of primary amides is 1. The summed E-state index contributed by atoms with van der Waals surface area (Å²) in [6.45, 7) is 2.89. The molecule has 2 amide bonds. The number of halogens is 2. The van der Waals surface area contributed by atoms with Gasteiger partial charge in [0, 0.05) is 16.5 Å². The van der Waals surface area contributed by atoms with Crippen molar-refractivity contribution in [3.8, 4) is 0 Å². The number of amides is 2. The van der Waals surface area contributed by atoms with E-state index in [0.717, 1.165) is 36.3 Å². The molecule has 0 aliphatic carbocycles. The fraction of sp³-hybridized carbons (Fsp3) is 0.500. The number of likely N-dealkylation sites (tertiary alicyclic amines) is 1. The maximum absolute atomic E-state index is 12.3. The van der Waals surface area contributed by atoms with Crippen LogP contribution in [-0.2, 0) is 9.59 Å². The third kappa shape index (κ3) is 4.83. The third-order valence-electron chi connectivity index (χ3n) is 4.27. The molecule has 3 atom stereocenters. The highest BCUT2D eigenvalue weighted by Crippen LogP contribution is 2.25. The van der Waals surface area contributed by atoms with Gasteiger partial charge in [0.25, 0.3) is 11.8 Å². The van der Waals surface area contributed by atoms with Crippen LogP contribution in [0.4, 0.5) is 0 Å². The Morgan fingerprint density at radius 3 is 2.78 bits per heavy atom. The summed E-state index contributed by atoms with van der Waals surface area (Å²) >= 11 is 12.0. The van der Waals surface area contributed by atoms with Gasteiger partial charge in [0.2, 0.25) is 0 Å². The normalized spacial score (nSPS) is 22.4. The molecule has 0 spiro atoms. The van der Waals surface area contributed by atoms with Crippen LogP contribution in [0.1, 0.15) is 37.8 Å². The Balaban J connectivity index is 1.96. The van der Waals surface area contributed by atoms with Crippen molar-refractivity contribution in [2.45, 2.75) is 38.3 Å². The van der Waals surface area contributed by atoms with E-state index in [-0.39, 0.29) is 30.4 Å². The molecule has 5 nitrogen and oxygen atoms in total. The highest BCUT2D eigenvalue weighted by molar-refractivity contribution is 6.35. The lowest BCUT2D eigenvalue weighted by Crippen LogP contribution is -3.18. The van der Waals surface area contributed by atoms with Crippen molar-refractivity contribution >= 4 is 35.0 Å². The van der Waals surface area contributed by atoms with Crippen LogP contribution in [0.15, 0.2) is 18.2 Å². The van der Waals surface area contributed by atoms with Crippen LogP contribution in [0.5, 0.6) is 0 Å².